The Morgan fingerprint density at radius 1 is 1.38 bits per heavy atom. The number of amides is 1. The van der Waals surface area contributed by atoms with Crippen LogP contribution in [0.15, 0.2) is 58.8 Å². The Kier molecular flexibility index (Phi) is 5.66. The number of benzene rings is 1. The topological polar surface area (TPSA) is 59.8 Å². The zero-order valence-corrected chi connectivity index (χ0v) is 14.9. The number of thioether (sulfide) groups is 1. The molecule has 0 aliphatic carbocycles. The average molecular weight is 358 g/mol. The second kappa shape index (κ2) is 8.12. The molecule has 3 rings (SSSR count). The Hall–Kier alpha value is -2.12. The van der Waals surface area contributed by atoms with Gasteiger partial charge in [0.1, 0.15) is 0 Å². The summed E-state index contributed by atoms with van der Waals surface area (Å²) < 4.78 is 2.89. The van der Waals surface area contributed by atoms with Gasteiger partial charge < -0.3 is 9.88 Å². The molecule has 1 atom stereocenters. The van der Waals surface area contributed by atoms with E-state index in [1.165, 1.54) is 11.8 Å². The number of hydrogen-bond donors (Lipinski definition) is 1. The fraction of sp³-hybridized carbons (Fsp3) is 0.235. The van der Waals surface area contributed by atoms with Crippen LogP contribution in [0.1, 0.15) is 17.3 Å². The first kappa shape index (κ1) is 16.7. The minimum absolute atomic E-state index is 0.00169. The number of imidazole rings is 1. The third kappa shape index (κ3) is 4.69. The summed E-state index contributed by atoms with van der Waals surface area (Å²) in [5.74, 6) is 0.363. The molecule has 0 bridgehead atoms. The zero-order valence-electron chi connectivity index (χ0n) is 13.3. The van der Waals surface area contributed by atoms with Crippen molar-refractivity contribution in [2.45, 2.75) is 23.8 Å². The predicted octanol–water partition coefficient (Wildman–Crippen LogP) is 3.30. The van der Waals surface area contributed by atoms with Crippen molar-refractivity contribution in [3.8, 4) is 0 Å². The van der Waals surface area contributed by atoms with Crippen LogP contribution in [0.4, 0.5) is 0 Å². The van der Waals surface area contributed by atoms with Crippen LogP contribution in [0, 0.1) is 6.92 Å². The lowest BCUT2D eigenvalue weighted by Crippen LogP contribution is -2.32. The molecule has 5 nitrogen and oxygen atoms in total. The molecule has 1 aromatic carbocycles. The van der Waals surface area contributed by atoms with E-state index < -0.39 is 0 Å². The normalized spacial score (nSPS) is 12.0. The zero-order chi connectivity index (χ0) is 16.8. The maximum atomic E-state index is 12.4. The number of aryl methyl sites for hydroxylation is 1. The van der Waals surface area contributed by atoms with Gasteiger partial charge in [-0.25, -0.2) is 9.97 Å². The highest BCUT2D eigenvalue weighted by Crippen LogP contribution is 2.22. The van der Waals surface area contributed by atoms with Gasteiger partial charge in [-0.3, -0.25) is 4.79 Å². The first-order valence-corrected chi connectivity index (χ1v) is 9.42. The van der Waals surface area contributed by atoms with E-state index in [4.69, 9.17) is 0 Å². The van der Waals surface area contributed by atoms with Crippen LogP contribution in [0.3, 0.4) is 0 Å². The van der Waals surface area contributed by atoms with E-state index in [0.29, 0.717) is 12.3 Å². The van der Waals surface area contributed by atoms with Crippen LogP contribution < -0.4 is 5.32 Å². The summed E-state index contributed by atoms with van der Waals surface area (Å²) in [5.41, 5.74) is 2.07. The van der Waals surface area contributed by atoms with E-state index in [1.54, 1.807) is 23.9 Å². The van der Waals surface area contributed by atoms with Crippen molar-refractivity contribution in [1.29, 1.82) is 0 Å². The van der Waals surface area contributed by atoms with E-state index in [1.807, 2.05) is 53.4 Å². The molecule has 7 heteroatoms. The summed E-state index contributed by atoms with van der Waals surface area (Å²) in [6, 6.07) is 9.90. The number of nitrogens with zero attached hydrogens (tertiary/aromatic N) is 3. The highest BCUT2D eigenvalue weighted by atomic mass is 32.2. The van der Waals surface area contributed by atoms with Gasteiger partial charge in [-0.15, -0.1) is 11.3 Å². The van der Waals surface area contributed by atoms with Gasteiger partial charge in [0, 0.05) is 30.0 Å². The number of thiazole rings is 1. The van der Waals surface area contributed by atoms with E-state index in [9.17, 15) is 4.79 Å². The lowest BCUT2D eigenvalue weighted by molar-refractivity contribution is -0.119. The maximum Gasteiger partial charge on any atom is 0.230 e. The number of nitrogens with one attached hydrogen (secondary N) is 1. The quantitative estimate of drug-likeness (QED) is 0.659. The van der Waals surface area contributed by atoms with Gasteiger partial charge in [-0.2, -0.15) is 0 Å². The number of hydrogen-bond acceptors (Lipinski definition) is 5. The molecule has 0 spiro atoms. The Morgan fingerprint density at radius 2 is 2.21 bits per heavy atom. The van der Waals surface area contributed by atoms with E-state index in [2.05, 4.69) is 15.3 Å². The van der Waals surface area contributed by atoms with Crippen LogP contribution in [-0.4, -0.2) is 26.2 Å². The standard InChI is InChI=1S/C17H18N4OS2/c1-13-10-23-17(19-13)24-11-16(22)20-15(9-21-8-7-18-12-21)14-5-3-2-4-6-14/h2-8,10,12,15H,9,11H2,1H3,(H,20,22)/t15-/m1/s1. The summed E-state index contributed by atoms with van der Waals surface area (Å²) >= 11 is 3.04. The maximum absolute atomic E-state index is 12.4. The second-order valence-corrected chi connectivity index (χ2v) is 7.41. The lowest BCUT2D eigenvalue weighted by atomic mass is 10.1. The summed E-state index contributed by atoms with van der Waals surface area (Å²) in [4.78, 5) is 20.8. The van der Waals surface area contributed by atoms with Gasteiger partial charge in [0.15, 0.2) is 4.34 Å². The Balaban J connectivity index is 1.63. The molecule has 3 aromatic rings. The molecule has 24 heavy (non-hydrogen) atoms. The van der Waals surface area contributed by atoms with Gasteiger partial charge >= 0.3 is 0 Å². The number of carbonyl (C=O) groups is 1. The third-order valence-corrected chi connectivity index (χ3v) is 5.55. The molecule has 2 aromatic heterocycles. The highest BCUT2D eigenvalue weighted by molar-refractivity contribution is 8.01. The molecule has 0 saturated carbocycles. The van der Waals surface area contributed by atoms with Crippen molar-refractivity contribution in [1.82, 2.24) is 19.9 Å². The monoisotopic (exact) mass is 358 g/mol. The molecule has 0 aliphatic heterocycles. The summed E-state index contributed by atoms with van der Waals surface area (Å²) in [7, 11) is 0. The summed E-state index contributed by atoms with van der Waals surface area (Å²) in [5, 5.41) is 5.11. The van der Waals surface area contributed by atoms with Crippen LogP contribution in [-0.2, 0) is 11.3 Å². The number of rotatable bonds is 7. The van der Waals surface area contributed by atoms with Crippen molar-refractivity contribution in [3.05, 3.63) is 65.7 Å². The molecule has 0 fully saturated rings. The van der Waals surface area contributed by atoms with Crippen LogP contribution in [0.25, 0.3) is 0 Å². The van der Waals surface area contributed by atoms with Crippen molar-refractivity contribution in [2.75, 3.05) is 5.75 Å². The fourth-order valence-corrected chi connectivity index (χ4v) is 3.95. The van der Waals surface area contributed by atoms with Crippen molar-refractivity contribution in [2.24, 2.45) is 0 Å². The van der Waals surface area contributed by atoms with Gasteiger partial charge in [-0.05, 0) is 12.5 Å². The largest absolute Gasteiger partial charge is 0.347 e. The van der Waals surface area contributed by atoms with Gasteiger partial charge in [0.2, 0.25) is 5.91 Å². The van der Waals surface area contributed by atoms with Gasteiger partial charge in [0.05, 0.1) is 18.1 Å². The smallest absolute Gasteiger partial charge is 0.230 e. The van der Waals surface area contributed by atoms with E-state index >= 15 is 0 Å². The molecule has 0 radical (unpaired) electrons. The minimum Gasteiger partial charge on any atom is -0.347 e. The molecular formula is C17H18N4OS2. The van der Waals surface area contributed by atoms with Crippen LogP contribution in [0.5, 0.6) is 0 Å². The van der Waals surface area contributed by atoms with E-state index in [0.717, 1.165) is 15.6 Å². The average Bonchev–Trinajstić information content (AvgIpc) is 3.25. The number of aromatic nitrogens is 3. The van der Waals surface area contributed by atoms with Crippen molar-refractivity contribution >= 4 is 29.0 Å². The molecule has 0 saturated heterocycles. The Bertz CT molecular complexity index is 771. The predicted molar refractivity (Wildman–Crippen MR) is 97.1 cm³/mol. The van der Waals surface area contributed by atoms with Crippen LogP contribution >= 0.6 is 23.1 Å². The van der Waals surface area contributed by atoms with E-state index in [-0.39, 0.29) is 11.9 Å². The van der Waals surface area contributed by atoms with Crippen molar-refractivity contribution in [3.63, 3.8) is 0 Å². The summed E-state index contributed by atoms with van der Waals surface area (Å²) in [6.07, 6.45) is 5.40. The summed E-state index contributed by atoms with van der Waals surface area (Å²) in [6.45, 7) is 2.61. The molecule has 1 amide bonds. The van der Waals surface area contributed by atoms with Crippen LogP contribution in [0.2, 0.25) is 0 Å². The first-order valence-electron chi connectivity index (χ1n) is 7.55. The first-order chi connectivity index (χ1) is 11.7. The molecule has 0 unspecified atom stereocenters. The number of carbonyl (C=O) groups excluding carboxylic acids is 1. The lowest BCUT2D eigenvalue weighted by Gasteiger charge is -2.19. The SMILES string of the molecule is Cc1csc(SCC(=O)N[C@H](Cn2ccnc2)c2ccccc2)n1. The molecule has 124 valence electrons. The molecule has 2 heterocycles. The third-order valence-electron chi connectivity index (χ3n) is 3.41. The second-order valence-electron chi connectivity index (χ2n) is 5.33. The van der Waals surface area contributed by atoms with Crippen molar-refractivity contribution < 1.29 is 4.79 Å². The molecule has 0 aliphatic rings. The fourth-order valence-electron chi connectivity index (χ4n) is 2.29. The Labute approximate surface area is 149 Å². The van der Waals surface area contributed by atoms with Gasteiger partial charge in [-0.1, -0.05) is 42.1 Å². The van der Waals surface area contributed by atoms with Gasteiger partial charge in [0.25, 0.3) is 0 Å². The minimum atomic E-state index is -0.0912. The Morgan fingerprint density at radius 3 is 2.88 bits per heavy atom. The molecular weight excluding hydrogens is 340 g/mol. The molecule has 1 N–H and O–H groups in total. The highest BCUT2D eigenvalue weighted by Gasteiger charge is 2.15.